The van der Waals surface area contributed by atoms with Crippen LogP contribution in [0.2, 0.25) is 0 Å². The van der Waals surface area contributed by atoms with Gasteiger partial charge in [-0.1, -0.05) is 43.0 Å². The molecule has 1 heterocycles. The van der Waals surface area contributed by atoms with Crippen LogP contribution >= 0.6 is 0 Å². The lowest BCUT2D eigenvalue weighted by Gasteiger charge is -2.34. The van der Waals surface area contributed by atoms with Gasteiger partial charge in [0.05, 0.1) is 5.69 Å². The number of nitrogens with zero attached hydrogens (tertiary/aromatic N) is 1. The van der Waals surface area contributed by atoms with Crippen molar-refractivity contribution >= 4 is 11.1 Å². The van der Waals surface area contributed by atoms with Crippen molar-refractivity contribution in [2.45, 2.75) is 71.4 Å². The van der Waals surface area contributed by atoms with Gasteiger partial charge >= 0.3 is 0 Å². The Morgan fingerprint density at radius 3 is 2.54 bits per heavy atom. The van der Waals surface area contributed by atoms with Crippen LogP contribution in [0.5, 0.6) is 0 Å². The van der Waals surface area contributed by atoms with Crippen molar-refractivity contribution in [2.75, 3.05) is 0 Å². The molecule has 1 aromatic heterocycles. The normalized spacial score (nSPS) is 25.7. The van der Waals surface area contributed by atoms with Gasteiger partial charge in [0.1, 0.15) is 5.67 Å². The van der Waals surface area contributed by atoms with Gasteiger partial charge in [-0.05, 0) is 123 Å². The summed E-state index contributed by atoms with van der Waals surface area (Å²) in [5, 5.41) is 0. The van der Waals surface area contributed by atoms with Gasteiger partial charge in [0.25, 0.3) is 0 Å². The van der Waals surface area contributed by atoms with E-state index in [1.54, 1.807) is 6.92 Å². The van der Waals surface area contributed by atoms with E-state index in [2.05, 4.69) is 74.8 Å². The van der Waals surface area contributed by atoms with Gasteiger partial charge in [0.15, 0.2) is 0 Å². The maximum absolute atomic E-state index is 14.4. The van der Waals surface area contributed by atoms with Crippen molar-refractivity contribution in [3.63, 3.8) is 0 Å². The Morgan fingerprint density at radius 1 is 1.14 bits per heavy atom. The Hall–Kier alpha value is -2.96. The van der Waals surface area contributed by atoms with E-state index in [1.165, 1.54) is 44.5 Å². The van der Waals surface area contributed by atoms with Crippen LogP contribution in [0.4, 0.5) is 4.39 Å². The monoisotopic (exact) mass is 465 g/mol. The highest BCUT2D eigenvalue weighted by Gasteiger charge is 2.32. The number of alkyl halides is 1. The molecule has 180 valence electrons. The number of rotatable bonds is 6. The van der Waals surface area contributed by atoms with E-state index >= 15 is 0 Å². The van der Waals surface area contributed by atoms with Crippen LogP contribution in [0.15, 0.2) is 78.2 Å². The molecular weight excluding hydrogens is 429 g/mol. The van der Waals surface area contributed by atoms with E-state index in [0.717, 1.165) is 37.8 Å². The van der Waals surface area contributed by atoms with Crippen molar-refractivity contribution < 1.29 is 4.39 Å². The third-order valence-corrected chi connectivity index (χ3v) is 8.15. The fourth-order valence-electron chi connectivity index (χ4n) is 6.20. The molecule has 35 heavy (non-hydrogen) atoms. The lowest BCUT2D eigenvalue weighted by atomic mass is 9.74. The molecule has 5 rings (SSSR count). The second-order valence-corrected chi connectivity index (χ2v) is 11.1. The molecule has 1 aromatic carbocycles. The first kappa shape index (κ1) is 23.8. The summed E-state index contributed by atoms with van der Waals surface area (Å²) in [6, 6.07) is 11.2. The number of pyridine rings is 1. The summed E-state index contributed by atoms with van der Waals surface area (Å²) in [5.74, 6) is 1.06. The SMILES string of the molecule is C=C=CCc1ccc(C2=CC(CC3CCC(C)(F)CC3)Cc3cc(C4=C(C)C=C4C)cnc32)cc1. The Labute approximate surface area is 209 Å². The molecule has 0 spiro atoms. The van der Waals surface area contributed by atoms with E-state index in [9.17, 15) is 4.39 Å². The Balaban J connectivity index is 1.46. The molecule has 0 bridgehead atoms. The van der Waals surface area contributed by atoms with Crippen molar-refractivity contribution in [3.05, 3.63) is 106 Å². The smallest absolute Gasteiger partial charge is 0.108 e. The summed E-state index contributed by atoms with van der Waals surface area (Å²) in [4.78, 5) is 5.02. The van der Waals surface area contributed by atoms with Gasteiger partial charge in [-0.2, -0.15) is 0 Å². The number of fused-ring (bicyclic) bond motifs is 1. The molecule has 3 aliphatic rings. The molecule has 0 aliphatic heterocycles. The average molecular weight is 466 g/mol. The standard InChI is InChI=1S/C33H36FN/c1-5-6-7-24-8-10-27(11-9-24)30-19-26(17-25-12-14-33(4,34)15-13-25)18-28-20-29(21-35-32(28)30)31-22(2)16-23(31)3/h6,8-11,16,19-21,25-26H,1,7,12-15,17-18H2,2-4H3. The summed E-state index contributed by atoms with van der Waals surface area (Å²) < 4.78 is 14.4. The predicted molar refractivity (Wildman–Crippen MR) is 145 cm³/mol. The summed E-state index contributed by atoms with van der Waals surface area (Å²) in [7, 11) is 0. The zero-order valence-electron chi connectivity index (χ0n) is 21.3. The molecular formula is C33H36FN. The summed E-state index contributed by atoms with van der Waals surface area (Å²) in [6.07, 6.45) is 15.1. The molecule has 1 saturated carbocycles. The molecule has 3 aliphatic carbocycles. The summed E-state index contributed by atoms with van der Waals surface area (Å²) in [6.45, 7) is 9.80. The quantitative estimate of drug-likeness (QED) is 0.389. The Kier molecular flexibility index (Phi) is 6.51. The molecule has 1 nitrogen and oxygen atoms in total. The topological polar surface area (TPSA) is 12.9 Å². The first-order valence-corrected chi connectivity index (χ1v) is 13.1. The van der Waals surface area contributed by atoms with E-state index < -0.39 is 5.67 Å². The number of hydrogen-bond donors (Lipinski definition) is 0. The van der Waals surface area contributed by atoms with Gasteiger partial charge in [0.2, 0.25) is 0 Å². The first-order valence-electron chi connectivity index (χ1n) is 13.1. The highest BCUT2D eigenvalue weighted by Crippen LogP contribution is 2.42. The maximum atomic E-state index is 14.4. The van der Waals surface area contributed by atoms with E-state index in [1.807, 2.05) is 6.08 Å². The molecule has 1 fully saturated rings. The Morgan fingerprint density at radius 2 is 1.89 bits per heavy atom. The molecule has 2 aromatic rings. The molecule has 0 N–H and O–H groups in total. The number of allylic oxidation sites excluding steroid dienone is 6. The van der Waals surface area contributed by atoms with Crippen molar-refractivity contribution in [3.8, 4) is 0 Å². The van der Waals surface area contributed by atoms with E-state index in [-0.39, 0.29) is 0 Å². The van der Waals surface area contributed by atoms with Crippen LogP contribution in [0, 0.1) is 11.8 Å². The maximum Gasteiger partial charge on any atom is 0.108 e. The third kappa shape index (κ3) is 5.04. The lowest BCUT2D eigenvalue weighted by Crippen LogP contribution is -2.27. The van der Waals surface area contributed by atoms with Crippen LogP contribution in [-0.4, -0.2) is 10.7 Å². The van der Waals surface area contributed by atoms with Crippen molar-refractivity contribution in [1.29, 1.82) is 0 Å². The van der Waals surface area contributed by atoms with Crippen molar-refractivity contribution in [2.24, 2.45) is 11.8 Å². The zero-order valence-corrected chi connectivity index (χ0v) is 21.3. The second-order valence-electron chi connectivity index (χ2n) is 11.1. The van der Waals surface area contributed by atoms with Crippen LogP contribution in [-0.2, 0) is 12.8 Å². The minimum atomic E-state index is -0.974. The van der Waals surface area contributed by atoms with Crippen LogP contribution < -0.4 is 0 Å². The lowest BCUT2D eigenvalue weighted by molar-refractivity contribution is 0.0972. The van der Waals surface area contributed by atoms with Gasteiger partial charge in [-0.25, -0.2) is 4.39 Å². The predicted octanol–water partition coefficient (Wildman–Crippen LogP) is 8.61. The molecule has 0 radical (unpaired) electrons. The Bertz CT molecular complexity index is 1250. The number of hydrogen-bond acceptors (Lipinski definition) is 1. The number of aromatic nitrogens is 1. The van der Waals surface area contributed by atoms with Crippen LogP contribution in [0.25, 0.3) is 11.1 Å². The van der Waals surface area contributed by atoms with E-state index in [4.69, 9.17) is 4.98 Å². The van der Waals surface area contributed by atoms with Gasteiger partial charge < -0.3 is 0 Å². The molecule has 2 heteroatoms. The number of benzene rings is 1. The third-order valence-electron chi connectivity index (χ3n) is 8.15. The van der Waals surface area contributed by atoms with Crippen LogP contribution in [0.3, 0.4) is 0 Å². The van der Waals surface area contributed by atoms with Crippen LogP contribution in [0.1, 0.15) is 80.8 Å². The molecule has 0 amide bonds. The molecule has 1 unspecified atom stereocenters. The number of halogens is 1. The molecule has 1 atom stereocenters. The van der Waals surface area contributed by atoms with Crippen molar-refractivity contribution in [1.82, 2.24) is 4.98 Å². The molecule has 0 saturated heterocycles. The van der Waals surface area contributed by atoms with Gasteiger partial charge in [-0.15, -0.1) is 5.73 Å². The zero-order chi connectivity index (χ0) is 24.6. The highest BCUT2D eigenvalue weighted by molar-refractivity contribution is 5.90. The second kappa shape index (κ2) is 9.59. The minimum Gasteiger partial charge on any atom is -0.255 e. The summed E-state index contributed by atoms with van der Waals surface area (Å²) >= 11 is 0. The first-order chi connectivity index (χ1) is 16.8. The van der Waals surface area contributed by atoms with E-state index in [0.29, 0.717) is 24.7 Å². The average Bonchev–Trinajstić information content (AvgIpc) is 2.83. The fourth-order valence-corrected chi connectivity index (χ4v) is 6.20. The minimum absolute atomic E-state index is 0.458. The summed E-state index contributed by atoms with van der Waals surface area (Å²) in [5.41, 5.74) is 13.3. The van der Waals surface area contributed by atoms with Gasteiger partial charge in [0, 0.05) is 17.3 Å². The van der Waals surface area contributed by atoms with Gasteiger partial charge in [-0.3, -0.25) is 4.98 Å². The highest BCUT2D eigenvalue weighted by atomic mass is 19.1. The largest absolute Gasteiger partial charge is 0.255 e. The fraction of sp³-hybridized carbons (Fsp3) is 0.394.